The van der Waals surface area contributed by atoms with E-state index in [2.05, 4.69) is 12.2 Å². The van der Waals surface area contributed by atoms with Gasteiger partial charge in [-0.05, 0) is 12.8 Å². The van der Waals surface area contributed by atoms with Crippen molar-refractivity contribution >= 4 is 5.91 Å². The van der Waals surface area contributed by atoms with Crippen LogP contribution in [-0.4, -0.2) is 25.2 Å². The van der Waals surface area contributed by atoms with Gasteiger partial charge in [-0.25, -0.2) is 0 Å². The lowest BCUT2D eigenvalue weighted by molar-refractivity contribution is -0.132. The Morgan fingerprint density at radius 3 is 2.73 bits per heavy atom. The number of ether oxygens (including phenoxy) is 1. The smallest absolute Gasteiger partial charge is 0.249 e. The van der Waals surface area contributed by atoms with Crippen molar-refractivity contribution < 1.29 is 9.53 Å². The SMILES string of the molecule is CCCCCOC(CC)C(=O)NCC#N. The average molecular weight is 212 g/mol. The van der Waals surface area contributed by atoms with Gasteiger partial charge in [-0.2, -0.15) is 5.26 Å². The highest BCUT2D eigenvalue weighted by molar-refractivity contribution is 5.80. The fraction of sp³-hybridized carbons (Fsp3) is 0.818. The minimum atomic E-state index is -0.407. The lowest BCUT2D eigenvalue weighted by Crippen LogP contribution is -2.36. The summed E-state index contributed by atoms with van der Waals surface area (Å²) in [5.74, 6) is -0.185. The molecule has 0 aromatic carbocycles. The van der Waals surface area contributed by atoms with Crippen LogP contribution in [-0.2, 0) is 9.53 Å². The van der Waals surface area contributed by atoms with Crippen LogP contribution in [0.25, 0.3) is 0 Å². The predicted octanol–water partition coefficient (Wildman–Crippen LogP) is 1.61. The van der Waals surface area contributed by atoms with Crippen LogP contribution in [0.1, 0.15) is 39.5 Å². The third-order valence-corrected chi connectivity index (χ3v) is 2.07. The summed E-state index contributed by atoms with van der Waals surface area (Å²) in [6.45, 7) is 4.69. The second-order valence-electron chi connectivity index (χ2n) is 3.35. The molecular weight excluding hydrogens is 192 g/mol. The summed E-state index contributed by atoms with van der Waals surface area (Å²) in [5.41, 5.74) is 0. The number of rotatable bonds is 8. The third-order valence-electron chi connectivity index (χ3n) is 2.07. The highest BCUT2D eigenvalue weighted by atomic mass is 16.5. The summed E-state index contributed by atoms with van der Waals surface area (Å²) in [7, 11) is 0. The van der Waals surface area contributed by atoms with E-state index in [4.69, 9.17) is 10.00 Å². The molecule has 1 atom stereocenters. The molecule has 0 rings (SSSR count). The largest absolute Gasteiger partial charge is 0.368 e. The lowest BCUT2D eigenvalue weighted by atomic mass is 10.2. The van der Waals surface area contributed by atoms with E-state index in [-0.39, 0.29) is 12.5 Å². The summed E-state index contributed by atoms with van der Waals surface area (Å²) in [6, 6.07) is 1.87. The Bertz CT molecular complexity index is 211. The summed E-state index contributed by atoms with van der Waals surface area (Å²) in [4.78, 5) is 11.4. The van der Waals surface area contributed by atoms with Gasteiger partial charge in [0.1, 0.15) is 12.6 Å². The van der Waals surface area contributed by atoms with Crippen molar-refractivity contribution in [2.24, 2.45) is 0 Å². The molecule has 0 aromatic heterocycles. The van der Waals surface area contributed by atoms with Crippen molar-refractivity contribution in [1.29, 1.82) is 5.26 Å². The number of nitrogens with zero attached hydrogens (tertiary/aromatic N) is 1. The number of nitrogens with one attached hydrogen (secondary N) is 1. The second-order valence-corrected chi connectivity index (χ2v) is 3.35. The summed E-state index contributed by atoms with van der Waals surface area (Å²) in [5, 5.41) is 10.8. The Morgan fingerprint density at radius 1 is 1.47 bits per heavy atom. The van der Waals surface area contributed by atoms with Gasteiger partial charge in [0.25, 0.3) is 0 Å². The zero-order chi connectivity index (χ0) is 11.5. The molecule has 0 aromatic rings. The number of unbranched alkanes of at least 4 members (excludes halogenated alkanes) is 2. The van der Waals surface area contributed by atoms with E-state index in [9.17, 15) is 4.79 Å². The van der Waals surface area contributed by atoms with E-state index in [1.54, 1.807) is 0 Å². The summed E-state index contributed by atoms with van der Waals surface area (Å²) < 4.78 is 5.43. The summed E-state index contributed by atoms with van der Waals surface area (Å²) in [6.07, 6.45) is 3.48. The standard InChI is InChI=1S/C11H20N2O2/c1-3-5-6-9-15-10(4-2)11(14)13-8-7-12/h10H,3-6,8-9H2,1-2H3,(H,13,14). The molecule has 0 saturated heterocycles. The van der Waals surface area contributed by atoms with Gasteiger partial charge in [-0.3, -0.25) is 4.79 Å². The van der Waals surface area contributed by atoms with Gasteiger partial charge >= 0.3 is 0 Å². The molecule has 86 valence electrons. The molecule has 0 spiro atoms. The van der Waals surface area contributed by atoms with Crippen LogP contribution in [0.3, 0.4) is 0 Å². The molecule has 0 aliphatic heterocycles. The third kappa shape index (κ3) is 6.92. The topological polar surface area (TPSA) is 62.1 Å². The van der Waals surface area contributed by atoms with Gasteiger partial charge in [-0.15, -0.1) is 0 Å². The van der Waals surface area contributed by atoms with Crippen LogP contribution in [0, 0.1) is 11.3 Å². The van der Waals surface area contributed by atoms with Crippen LogP contribution >= 0.6 is 0 Å². The predicted molar refractivity (Wildman–Crippen MR) is 58.2 cm³/mol. The highest BCUT2D eigenvalue weighted by Crippen LogP contribution is 2.01. The molecule has 0 saturated carbocycles. The molecule has 0 heterocycles. The van der Waals surface area contributed by atoms with Gasteiger partial charge in [0.15, 0.2) is 0 Å². The molecule has 0 aliphatic carbocycles. The number of amides is 1. The Kier molecular flexibility index (Phi) is 8.79. The van der Waals surface area contributed by atoms with Gasteiger partial charge < -0.3 is 10.1 Å². The van der Waals surface area contributed by atoms with E-state index < -0.39 is 6.10 Å². The fourth-order valence-corrected chi connectivity index (χ4v) is 1.20. The molecule has 0 bridgehead atoms. The first-order valence-corrected chi connectivity index (χ1v) is 5.52. The fourth-order valence-electron chi connectivity index (χ4n) is 1.20. The van der Waals surface area contributed by atoms with E-state index in [1.165, 1.54) is 0 Å². The van der Waals surface area contributed by atoms with Crippen molar-refractivity contribution in [3.63, 3.8) is 0 Å². The van der Waals surface area contributed by atoms with Crippen LogP contribution in [0.4, 0.5) is 0 Å². The molecule has 1 N–H and O–H groups in total. The Labute approximate surface area is 91.6 Å². The quantitative estimate of drug-likeness (QED) is 0.491. The van der Waals surface area contributed by atoms with Gasteiger partial charge in [0, 0.05) is 6.61 Å². The zero-order valence-electron chi connectivity index (χ0n) is 9.58. The van der Waals surface area contributed by atoms with Gasteiger partial charge in [0.2, 0.25) is 5.91 Å². The van der Waals surface area contributed by atoms with Crippen LogP contribution < -0.4 is 5.32 Å². The number of hydrogen-bond acceptors (Lipinski definition) is 3. The molecule has 15 heavy (non-hydrogen) atoms. The lowest BCUT2D eigenvalue weighted by Gasteiger charge is -2.14. The van der Waals surface area contributed by atoms with Crippen molar-refractivity contribution in [3.05, 3.63) is 0 Å². The molecule has 1 amide bonds. The maximum Gasteiger partial charge on any atom is 0.249 e. The molecular formula is C11H20N2O2. The van der Waals surface area contributed by atoms with Crippen molar-refractivity contribution in [1.82, 2.24) is 5.32 Å². The van der Waals surface area contributed by atoms with E-state index in [0.29, 0.717) is 13.0 Å². The number of carbonyl (C=O) groups is 1. The van der Waals surface area contributed by atoms with E-state index in [1.807, 2.05) is 13.0 Å². The number of carbonyl (C=O) groups excluding carboxylic acids is 1. The minimum Gasteiger partial charge on any atom is -0.368 e. The van der Waals surface area contributed by atoms with Crippen molar-refractivity contribution in [2.45, 2.75) is 45.6 Å². The summed E-state index contributed by atoms with van der Waals surface area (Å²) >= 11 is 0. The first kappa shape index (κ1) is 13.9. The Balaban J connectivity index is 3.71. The normalized spacial score (nSPS) is 11.8. The minimum absolute atomic E-state index is 0.0493. The molecule has 1 unspecified atom stereocenters. The van der Waals surface area contributed by atoms with Crippen LogP contribution in [0.2, 0.25) is 0 Å². The first-order valence-electron chi connectivity index (χ1n) is 5.52. The second kappa shape index (κ2) is 9.47. The van der Waals surface area contributed by atoms with Gasteiger partial charge in [0.05, 0.1) is 6.07 Å². The Morgan fingerprint density at radius 2 is 2.20 bits per heavy atom. The maximum atomic E-state index is 11.4. The van der Waals surface area contributed by atoms with Gasteiger partial charge in [-0.1, -0.05) is 26.7 Å². The molecule has 0 fully saturated rings. The average Bonchev–Trinajstić information content (AvgIpc) is 2.26. The van der Waals surface area contributed by atoms with Crippen LogP contribution in [0.15, 0.2) is 0 Å². The van der Waals surface area contributed by atoms with Crippen molar-refractivity contribution in [2.75, 3.05) is 13.2 Å². The molecule has 4 heteroatoms. The van der Waals surface area contributed by atoms with Crippen LogP contribution in [0.5, 0.6) is 0 Å². The van der Waals surface area contributed by atoms with E-state index in [0.717, 1.165) is 19.3 Å². The monoisotopic (exact) mass is 212 g/mol. The Hall–Kier alpha value is -1.08. The number of nitriles is 1. The maximum absolute atomic E-state index is 11.4. The van der Waals surface area contributed by atoms with E-state index >= 15 is 0 Å². The zero-order valence-corrected chi connectivity index (χ0v) is 9.58. The van der Waals surface area contributed by atoms with Crippen molar-refractivity contribution in [3.8, 4) is 6.07 Å². The molecule has 4 nitrogen and oxygen atoms in total. The number of hydrogen-bond donors (Lipinski definition) is 1. The molecule has 0 radical (unpaired) electrons. The first-order chi connectivity index (χ1) is 7.26. The molecule has 0 aliphatic rings. The highest BCUT2D eigenvalue weighted by Gasteiger charge is 2.15.